The third kappa shape index (κ3) is 4.58. The Labute approximate surface area is 137 Å². The maximum absolute atomic E-state index is 5.27. The van der Waals surface area contributed by atoms with Gasteiger partial charge in [0.2, 0.25) is 0 Å². The molecule has 1 aliphatic rings. The van der Waals surface area contributed by atoms with E-state index in [2.05, 4.69) is 27.5 Å². The first kappa shape index (κ1) is 17.0. The Hall–Kier alpha value is -1.34. The van der Waals surface area contributed by atoms with E-state index < -0.39 is 0 Å². The fourth-order valence-electron chi connectivity index (χ4n) is 2.55. The van der Waals surface area contributed by atoms with Crippen molar-refractivity contribution in [2.75, 3.05) is 52.3 Å². The van der Waals surface area contributed by atoms with Gasteiger partial charge in [0.25, 0.3) is 0 Å². The first-order chi connectivity index (χ1) is 10.6. The number of hydrogen-bond donors (Lipinski definition) is 1. The molecule has 22 heavy (non-hydrogen) atoms. The molecule has 0 bridgehead atoms. The summed E-state index contributed by atoms with van der Waals surface area (Å²) < 4.78 is 5.27. The number of anilines is 1. The van der Waals surface area contributed by atoms with Gasteiger partial charge in [0.1, 0.15) is 0 Å². The normalized spacial score (nSPS) is 18.8. The molecule has 1 saturated heterocycles. The van der Waals surface area contributed by atoms with Crippen molar-refractivity contribution < 1.29 is 4.74 Å². The minimum Gasteiger partial charge on any atom is -0.384 e. The van der Waals surface area contributed by atoms with Crippen LogP contribution in [0.25, 0.3) is 0 Å². The minimum absolute atomic E-state index is 0.605. The highest BCUT2D eigenvalue weighted by atomic mass is 32.1. The predicted molar refractivity (Wildman–Crippen MR) is 92.8 cm³/mol. The van der Waals surface area contributed by atoms with E-state index in [9.17, 15) is 0 Å². The first-order valence-corrected chi connectivity index (χ1v) is 8.66. The number of rotatable bonds is 6. The highest BCUT2D eigenvalue weighted by molar-refractivity contribution is 7.13. The molecule has 0 amide bonds. The summed E-state index contributed by atoms with van der Waals surface area (Å²) in [5.74, 6) is 1.59. The molecule has 124 valence electrons. The molecule has 6 nitrogen and oxygen atoms in total. The van der Waals surface area contributed by atoms with Crippen LogP contribution in [0.3, 0.4) is 0 Å². The van der Waals surface area contributed by atoms with Gasteiger partial charge in [-0.2, -0.15) is 0 Å². The van der Waals surface area contributed by atoms with Gasteiger partial charge in [0, 0.05) is 52.1 Å². The smallest absolute Gasteiger partial charge is 0.194 e. The highest BCUT2D eigenvalue weighted by Crippen LogP contribution is 2.19. The minimum atomic E-state index is 0.605. The first-order valence-electron chi connectivity index (χ1n) is 7.78. The summed E-state index contributed by atoms with van der Waals surface area (Å²) in [6.07, 6.45) is 1.17. The van der Waals surface area contributed by atoms with Gasteiger partial charge in [-0.15, -0.1) is 11.3 Å². The molecule has 0 radical (unpaired) electrons. The number of likely N-dealkylation sites (tertiary alicyclic amines) is 1. The number of methoxy groups -OCH3 is 1. The third-order valence-electron chi connectivity index (χ3n) is 3.64. The Kier molecular flexibility index (Phi) is 6.45. The quantitative estimate of drug-likeness (QED) is 0.636. The van der Waals surface area contributed by atoms with Crippen molar-refractivity contribution in [2.45, 2.75) is 19.9 Å². The number of ether oxygens (including phenoxy) is 1. The zero-order chi connectivity index (χ0) is 15.9. The molecule has 1 fully saturated rings. The molecule has 2 heterocycles. The Morgan fingerprint density at radius 1 is 1.59 bits per heavy atom. The molecule has 0 saturated carbocycles. The summed E-state index contributed by atoms with van der Waals surface area (Å²) in [6.45, 7) is 6.49. The number of guanidine groups is 1. The Bertz CT molecular complexity index is 488. The van der Waals surface area contributed by atoms with Gasteiger partial charge >= 0.3 is 0 Å². The van der Waals surface area contributed by atoms with E-state index >= 15 is 0 Å². The summed E-state index contributed by atoms with van der Waals surface area (Å²) in [6, 6.07) is 0. The SMILES string of the molecule is CCNC(=NCc1csc(N(C)C)n1)N1CCC(COC)C1. The van der Waals surface area contributed by atoms with Crippen LogP contribution in [-0.4, -0.2) is 63.3 Å². The van der Waals surface area contributed by atoms with Gasteiger partial charge in [-0.1, -0.05) is 0 Å². The zero-order valence-corrected chi connectivity index (χ0v) is 14.8. The summed E-state index contributed by atoms with van der Waals surface area (Å²) in [4.78, 5) is 13.7. The summed E-state index contributed by atoms with van der Waals surface area (Å²) in [5.41, 5.74) is 1.02. The van der Waals surface area contributed by atoms with Crippen LogP contribution in [-0.2, 0) is 11.3 Å². The van der Waals surface area contributed by atoms with Crippen LogP contribution in [0.1, 0.15) is 19.0 Å². The van der Waals surface area contributed by atoms with Gasteiger partial charge in [-0.05, 0) is 13.3 Å². The van der Waals surface area contributed by atoms with Crippen LogP contribution < -0.4 is 10.2 Å². The second-order valence-corrected chi connectivity index (χ2v) is 6.58. The van der Waals surface area contributed by atoms with Crippen LogP contribution in [0.5, 0.6) is 0 Å². The van der Waals surface area contributed by atoms with Crippen LogP contribution in [0.15, 0.2) is 10.4 Å². The average Bonchev–Trinajstić information content (AvgIpc) is 3.13. The predicted octanol–water partition coefficient (Wildman–Crippen LogP) is 1.64. The lowest BCUT2D eigenvalue weighted by molar-refractivity contribution is 0.157. The van der Waals surface area contributed by atoms with E-state index in [0.717, 1.165) is 43.0 Å². The van der Waals surface area contributed by atoms with E-state index in [1.165, 1.54) is 6.42 Å². The number of hydrogen-bond acceptors (Lipinski definition) is 5. The fourth-order valence-corrected chi connectivity index (χ4v) is 3.30. The number of aliphatic imine (C=N–C) groups is 1. The molecular weight excluding hydrogens is 298 g/mol. The van der Waals surface area contributed by atoms with Crippen LogP contribution in [0.4, 0.5) is 5.13 Å². The van der Waals surface area contributed by atoms with E-state index in [1.807, 2.05) is 19.0 Å². The van der Waals surface area contributed by atoms with Crippen molar-refractivity contribution in [2.24, 2.45) is 10.9 Å². The van der Waals surface area contributed by atoms with Gasteiger partial charge in [0.15, 0.2) is 11.1 Å². The second-order valence-electron chi connectivity index (χ2n) is 5.74. The second kappa shape index (κ2) is 8.33. The van der Waals surface area contributed by atoms with Crippen molar-refractivity contribution >= 4 is 22.4 Å². The molecule has 1 unspecified atom stereocenters. The fraction of sp³-hybridized carbons (Fsp3) is 0.733. The lowest BCUT2D eigenvalue weighted by Gasteiger charge is -2.21. The van der Waals surface area contributed by atoms with E-state index in [1.54, 1.807) is 18.4 Å². The molecule has 0 spiro atoms. The van der Waals surface area contributed by atoms with Gasteiger partial charge in [0.05, 0.1) is 18.8 Å². The maximum Gasteiger partial charge on any atom is 0.194 e. The van der Waals surface area contributed by atoms with Gasteiger partial charge < -0.3 is 19.9 Å². The molecule has 1 aromatic heterocycles. The van der Waals surface area contributed by atoms with Crippen molar-refractivity contribution in [3.63, 3.8) is 0 Å². The molecule has 2 rings (SSSR count). The molecular formula is C15H27N5OS. The zero-order valence-electron chi connectivity index (χ0n) is 14.0. The topological polar surface area (TPSA) is 53.0 Å². The summed E-state index contributed by atoms with van der Waals surface area (Å²) in [7, 11) is 5.79. The largest absolute Gasteiger partial charge is 0.384 e. The van der Waals surface area contributed by atoms with Crippen LogP contribution >= 0.6 is 11.3 Å². The van der Waals surface area contributed by atoms with Crippen LogP contribution in [0, 0.1) is 5.92 Å². The molecule has 1 aliphatic heterocycles. The molecule has 1 aromatic rings. The Balaban J connectivity index is 1.97. The number of nitrogens with one attached hydrogen (secondary N) is 1. The van der Waals surface area contributed by atoms with Gasteiger partial charge in [-0.25, -0.2) is 9.98 Å². The number of nitrogens with zero attached hydrogens (tertiary/aromatic N) is 4. The average molecular weight is 325 g/mol. The van der Waals surface area contributed by atoms with Crippen molar-refractivity contribution in [3.8, 4) is 0 Å². The van der Waals surface area contributed by atoms with Crippen molar-refractivity contribution in [1.82, 2.24) is 15.2 Å². The molecule has 7 heteroatoms. The highest BCUT2D eigenvalue weighted by Gasteiger charge is 2.24. The lowest BCUT2D eigenvalue weighted by Crippen LogP contribution is -2.40. The van der Waals surface area contributed by atoms with Gasteiger partial charge in [-0.3, -0.25) is 0 Å². The van der Waals surface area contributed by atoms with E-state index in [4.69, 9.17) is 9.73 Å². The molecule has 0 aliphatic carbocycles. The Morgan fingerprint density at radius 2 is 2.41 bits per heavy atom. The summed E-state index contributed by atoms with van der Waals surface area (Å²) in [5, 5.41) is 6.50. The standard InChI is InChI=1S/C15H27N5OS/c1-5-16-14(20-7-6-12(9-20)10-21-4)17-8-13-11-22-15(18-13)19(2)3/h11-12H,5-10H2,1-4H3,(H,16,17). The summed E-state index contributed by atoms with van der Waals surface area (Å²) >= 11 is 1.66. The van der Waals surface area contributed by atoms with Crippen molar-refractivity contribution in [3.05, 3.63) is 11.1 Å². The van der Waals surface area contributed by atoms with E-state index in [0.29, 0.717) is 12.5 Å². The maximum atomic E-state index is 5.27. The molecule has 1 N–H and O–H groups in total. The molecule has 1 atom stereocenters. The van der Waals surface area contributed by atoms with E-state index in [-0.39, 0.29) is 0 Å². The molecule has 0 aromatic carbocycles. The Morgan fingerprint density at radius 3 is 3.05 bits per heavy atom. The number of thiazole rings is 1. The monoisotopic (exact) mass is 325 g/mol. The van der Waals surface area contributed by atoms with Crippen molar-refractivity contribution in [1.29, 1.82) is 0 Å². The van der Waals surface area contributed by atoms with Crippen LogP contribution in [0.2, 0.25) is 0 Å². The number of aromatic nitrogens is 1. The lowest BCUT2D eigenvalue weighted by atomic mass is 10.1. The third-order valence-corrected chi connectivity index (χ3v) is 4.69.